The van der Waals surface area contributed by atoms with E-state index in [-0.39, 0.29) is 18.8 Å². The van der Waals surface area contributed by atoms with E-state index in [0.717, 1.165) is 133 Å². The second-order valence-corrected chi connectivity index (χ2v) is 26.2. The first-order valence-electron chi connectivity index (χ1n) is 27.8. The van der Waals surface area contributed by atoms with Crippen LogP contribution in [-0.2, 0) is 25.4 Å². The molecule has 20 nitrogen and oxygen atoms in total. The maximum Gasteiger partial charge on any atom is 0.262 e. The Kier molecular flexibility index (Phi) is 15.8. The Morgan fingerprint density at radius 3 is 2.22 bits per heavy atom. The van der Waals surface area contributed by atoms with E-state index >= 15 is 0 Å². The molecule has 5 aromatic rings. The fraction of sp³-hybridized carbons (Fsp3) is 0.491. The lowest BCUT2D eigenvalue weighted by atomic mass is 9.91. The topological polar surface area (TPSA) is 219 Å². The third-order valence-corrected chi connectivity index (χ3v) is 19.1. The van der Waals surface area contributed by atoms with E-state index in [2.05, 4.69) is 90.4 Å². The van der Waals surface area contributed by atoms with Crippen molar-refractivity contribution in [3.05, 3.63) is 82.2 Å². The minimum atomic E-state index is -2.79. The first kappa shape index (κ1) is 54.4. The number of hydrogen-bond acceptors (Lipinski definition) is 17. The average Bonchev–Trinajstić information content (AvgIpc) is 3.78. The summed E-state index contributed by atoms with van der Waals surface area (Å²) in [4.78, 5) is 96.1. The highest BCUT2D eigenvalue weighted by Crippen LogP contribution is 2.42. The molecule has 3 N–H and O–H groups in total. The number of benzene rings is 3. The second kappa shape index (κ2) is 22.9. The number of hydrogen-bond donors (Lipinski definition) is 3. The van der Waals surface area contributed by atoms with Gasteiger partial charge < -0.3 is 39.5 Å². The van der Waals surface area contributed by atoms with Gasteiger partial charge in [-0.2, -0.15) is 4.98 Å². The standard InChI is InChI=1S/C57H69BrN13O7P/c1-5-36-30-45(63-57-61-33-42(58)52(65-57)62-44-9-8-43-50(60-19-18-59-43)51(44)79(3,4)77)48(78-2)32-47(36)69-24-16-38(17-25-69)68-26-28-70(29-27-68)54(74)37-14-20-66(21-15-37)34-35-12-22-67(23-13-35)39-6-7-40-41(31-39)56(76)71(55(40)75)46-10-11-49(72)64-53(46)73/h6-9,18-19,30-33,35,37-38,46H,5,10-17,20-29,34H2,1-4H3,(H,64,72,73)(H2,61,62,63,65). The predicted octanol–water partition coefficient (Wildman–Crippen LogP) is 6.63. The van der Waals surface area contributed by atoms with Gasteiger partial charge in [-0.25, -0.2) is 4.98 Å². The summed E-state index contributed by atoms with van der Waals surface area (Å²) in [6, 6.07) is 12.8. The number of aromatic nitrogens is 4. The van der Waals surface area contributed by atoms with Gasteiger partial charge in [-0.15, -0.1) is 0 Å². The number of ether oxygens (including phenoxy) is 1. The van der Waals surface area contributed by atoms with Crippen molar-refractivity contribution in [2.45, 2.75) is 76.8 Å². The van der Waals surface area contributed by atoms with Gasteiger partial charge in [0.1, 0.15) is 30.3 Å². The maximum absolute atomic E-state index is 13.9. The summed E-state index contributed by atoms with van der Waals surface area (Å²) in [7, 11) is -1.11. The van der Waals surface area contributed by atoms with E-state index in [0.29, 0.717) is 73.0 Å². The molecule has 0 aliphatic carbocycles. The number of nitrogens with zero attached hydrogens (tertiary/aromatic N) is 10. The summed E-state index contributed by atoms with van der Waals surface area (Å²) in [6.45, 7) is 15.4. The zero-order valence-corrected chi connectivity index (χ0v) is 47.9. The van der Waals surface area contributed by atoms with Gasteiger partial charge in [-0.1, -0.05) is 6.92 Å². The molecule has 2 aromatic heterocycles. The molecule has 79 heavy (non-hydrogen) atoms. The summed E-state index contributed by atoms with van der Waals surface area (Å²) < 4.78 is 20.2. The Bertz CT molecular complexity index is 3240. The summed E-state index contributed by atoms with van der Waals surface area (Å²) in [5.41, 5.74) is 6.51. The Balaban J connectivity index is 0.624. The lowest BCUT2D eigenvalue weighted by Gasteiger charge is -2.44. The summed E-state index contributed by atoms with van der Waals surface area (Å²) in [5.74, 6) is 0.510. The largest absolute Gasteiger partial charge is 0.494 e. The van der Waals surface area contributed by atoms with Crippen LogP contribution in [0.25, 0.3) is 11.0 Å². The molecule has 416 valence electrons. The summed E-state index contributed by atoms with van der Waals surface area (Å²) >= 11 is 3.61. The van der Waals surface area contributed by atoms with Gasteiger partial charge in [-0.05, 0) is 142 Å². The number of amides is 5. The van der Waals surface area contributed by atoms with Crippen LogP contribution in [0.4, 0.5) is 34.5 Å². The van der Waals surface area contributed by atoms with E-state index < -0.39 is 36.8 Å². The number of carbonyl (C=O) groups excluding carboxylic acids is 5. The fourth-order valence-electron chi connectivity index (χ4n) is 12.7. The molecule has 22 heteroatoms. The zero-order chi connectivity index (χ0) is 55.1. The maximum atomic E-state index is 13.9. The molecule has 1 unspecified atom stereocenters. The van der Waals surface area contributed by atoms with Crippen LogP contribution in [0.5, 0.6) is 5.75 Å². The molecule has 0 spiro atoms. The summed E-state index contributed by atoms with van der Waals surface area (Å²) in [6.07, 6.45) is 11.8. The molecule has 11 rings (SSSR count). The van der Waals surface area contributed by atoms with E-state index in [1.165, 1.54) is 11.3 Å². The molecule has 5 fully saturated rings. The minimum Gasteiger partial charge on any atom is -0.494 e. The Labute approximate surface area is 468 Å². The van der Waals surface area contributed by atoms with Crippen molar-refractivity contribution in [3.63, 3.8) is 0 Å². The number of nitrogens with one attached hydrogen (secondary N) is 3. The van der Waals surface area contributed by atoms with Gasteiger partial charge in [0.25, 0.3) is 11.8 Å². The normalized spacial score (nSPS) is 20.5. The quantitative estimate of drug-likeness (QED) is 0.0785. The SMILES string of the molecule is CCc1cc(Nc2ncc(Br)c(Nc3ccc4nccnc4c3P(C)(C)=O)n2)c(OC)cc1N1CCC(N2CCN(C(=O)C3CCN(CC4CCN(c5ccc6c(c5)C(=O)N(C5CCC(=O)NC5=O)C6=O)CC4)CC3)CC2)CC1. The highest BCUT2D eigenvalue weighted by atomic mass is 79.9. The Hall–Kier alpha value is -6.54. The zero-order valence-electron chi connectivity index (χ0n) is 45.4. The van der Waals surface area contributed by atoms with Crippen LogP contribution in [0, 0.1) is 11.8 Å². The van der Waals surface area contributed by atoms with Crippen LogP contribution in [-0.4, -0.2) is 174 Å². The van der Waals surface area contributed by atoms with E-state index in [4.69, 9.17) is 9.72 Å². The molecule has 0 bridgehead atoms. The number of methoxy groups -OCH3 is 1. The highest BCUT2D eigenvalue weighted by Gasteiger charge is 2.45. The molecule has 5 amide bonds. The van der Waals surface area contributed by atoms with Crippen LogP contribution in [0.1, 0.15) is 84.6 Å². The van der Waals surface area contributed by atoms with Crippen LogP contribution in [0.3, 0.4) is 0 Å². The monoisotopic (exact) mass is 1160 g/mol. The second-order valence-electron chi connectivity index (χ2n) is 22.2. The number of anilines is 6. The molecular formula is C57H69BrN13O7P. The predicted molar refractivity (Wildman–Crippen MR) is 308 cm³/mol. The van der Waals surface area contributed by atoms with Crippen molar-refractivity contribution in [3.8, 4) is 5.75 Å². The number of imide groups is 2. The number of aryl methyl sites for hydroxylation is 1. The molecule has 3 aromatic carbocycles. The number of likely N-dealkylation sites (tertiary alicyclic amines) is 1. The Morgan fingerprint density at radius 2 is 1.51 bits per heavy atom. The highest BCUT2D eigenvalue weighted by molar-refractivity contribution is 9.10. The van der Waals surface area contributed by atoms with Gasteiger partial charge in [0.2, 0.25) is 23.7 Å². The molecule has 8 heterocycles. The van der Waals surface area contributed by atoms with E-state index in [1.807, 2.05) is 18.2 Å². The van der Waals surface area contributed by atoms with E-state index in [1.54, 1.807) is 51.2 Å². The first-order chi connectivity index (χ1) is 38.1. The molecule has 1 atom stereocenters. The van der Waals surface area contributed by atoms with Crippen LogP contribution in [0.2, 0.25) is 0 Å². The average molecular weight is 1160 g/mol. The third kappa shape index (κ3) is 11.3. The van der Waals surface area contributed by atoms with E-state index in [9.17, 15) is 28.5 Å². The Morgan fingerprint density at radius 1 is 0.785 bits per heavy atom. The smallest absolute Gasteiger partial charge is 0.262 e. The van der Waals surface area contributed by atoms with Gasteiger partial charge in [0, 0.05) is 113 Å². The van der Waals surface area contributed by atoms with Gasteiger partial charge in [-0.3, -0.25) is 49.1 Å². The summed E-state index contributed by atoms with van der Waals surface area (Å²) in [5, 5.41) is 9.66. The first-order valence-corrected chi connectivity index (χ1v) is 31.2. The number of carbonyl (C=O) groups is 5. The van der Waals surface area contributed by atoms with Gasteiger partial charge >= 0.3 is 0 Å². The molecule has 0 saturated carbocycles. The van der Waals surface area contributed by atoms with Crippen molar-refractivity contribution in [2.24, 2.45) is 11.8 Å². The molecule has 6 aliphatic rings. The molecule has 0 radical (unpaired) electrons. The number of rotatable bonds is 14. The molecule has 6 aliphatic heterocycles. The lowest BCUT2D eigenvalue weighted by molar-refractivity contribution is -0.139. The number of piperazine rings is 1. The van der Waals surface area contributed by atoms with Crippen molar-refractivity contribution < 1.29 is 33.3 Å². The van der Waals surface area contributed by atoms with Crippen molar-refractivity contribution in [1.82, 2.24) is 44.9 Å². The van der Waals surface area contributed by atoms with Crippen molar-refractivity contribution in [2.75, 3.05) is 113 Å². The fourth-order valence-corrected chi connectivity index (χ4v) is 14.4. The van der Waals surface area contributed by atoms with Crippen molar-refractivity contribution >= 4 is 103 Å². The number of fused-ring (bicyclic) bond motifs is 2. The minimum absolute atomic E-state index is 0.0706. The third-order valence-electron chi connectivity index (χ3n) is 17.0. The van der Waals surface area contributed by atoms with Crippen LogP contribution in [0.15, 0.2) is 65.5 Å². The number of piperidine rings is 4. The lowest BCUT2D eigenvalue weighted by Crippen LogP contribution is -2.55. The molecule has 5 saturated heterocycles. The number of halogens is 1. The molecular weight excluding hydrogens is 1090 g/mol. The van der Waals surface area contributed by atoms with Gasteiger partial charge in [0.05, 0.1) is 44.9 Å². The van der Waals surface area contributed by atoms with Crippen LogP contribution < -0.4 is 35.8 Å². The van der Waals surface area contributed by atoms with Gasteiger partial charge in [0.15, 0.2) is 0 Å². The van der Waals surface area contributed by atoms with Crippen LogP contribution >= 0.6 is 23.1 Å². The van der Waals surface area contributed by atoms with Crippen molar-refractivity contribution in [1.29, 1.82) is 0 Å².